The highest BCUT2D eigenvalue weighted by Gasteiger charge is 2.18. The second kappa shape index (κ2) is 6.61. The summed E-state index contributed by atoms with van der Waals surface area (Å²) in [6.07, 6.45) is 2.46. The number of aromatic nitrogens is 3. The largest absolute Gasteiger partial charge is 0.384 e. The highest BCUT2D eigenvalue weighted by Crippen LogP contribution is 2.25. The first kappa shape index (κ1) is 16.0. The van der Waals surface area contributed by atoms with Crippen LogP contribution >= 0.6 is 11.3 Å². The molecule has 22 heavy (non-hydrogen) atoms. The van der Waals surface area contributed by atoms with Gasteiger partial charge in [-0.05, 0) is 6.42 Å². The van der Waals surface area contributed by atoms with E-state index in [0.717, 1.165) is 11.0 Å². The minimum absolute atomic E-state index is 0.163. The van der Waals surface area contributed by atoms with Crippen molar-refractivity contribution in [2.24, 2.45) is 7.05 Å². The first-order valence-corrected chi connectivity index (χ1v) is 7.79. The molecule has 0 unspecified atom stereocenters. The molecule has 0 bridgehead atoms. The first-order valence-electron chi connectivity index (χ1n) is 6.91. The fourth-order valence-electron chi connectivity index (χ4n) is 2.09. The van der Waals surface area contributed by atoms with Crippen molar-refractivity contribution >= 4 is 22.3 Å². The number of nitrogens with two attached hydrogens (primary N) is 1. The zero-order chi connectivity index (χ0) is 16.3. The van der Waals surface area contributed by atoms with Crippen LogP contribution < -0.4 is 22.3 Å². The van der Waals surface area contributed by atoms with Crippen LogP contribution in [0.4, 0.5) is 10.9 Å². The molecule has 0 fully saturated rings. The van der Waals surface area contributed by atoms with Gasteiger partial charge in [0.15, 0.2) is 5.13 Å². The maximum atomic E-state index is 12.4. The molecular weight excluding hydrogens is 302 g/mol. The van der Waals surface area contributed by atoms with Gasteiger partial charge in [-0.15, -0.1) is 17.9 Å². The molecule has 2 rings (SSSR count). The van der Waals surface area contributed by atoms with E-state index in [-0.39, 0.29) is 11.4 Å². The van der Waals surface area contributed by atoms with Crippen LogP contribution in [-0.2, 0) is 13.6 Å². The topological polar surface area (TPSA) is 94.9 Å². The van der Waals surface area contributed by atoms with Gasteiger partial charge in [0.1, 0.15) is 11.4 Å². The molecule has 8 heteroatoms. The molecule has 0 aliphatic carbocycles. The fraction of sp³-hybridized carbons (Fsp3) is 0.357. The molecule has 0 atom stereocenters. The third-order valence-corrected chi connectivity index (χ3v) is 3.99. The summed E-state index contributed by atoms with van der Waals surface area (Å²) in [6, 6.07) is 0. The van der Waals surface area contributed by atoms with Gasteiger partial charge in [-0.2, -0.15) is 0 Å². The Morgan fingerprint density at radius 1 is 1.50 bits per heavy atom. The summed E-state index contributed by atoms with van der Waals surface area (Å²) in [5.74, 6) is 0.163. The van der Waals surface area contributed by atoms with Gasteiger partial charge < -0.3 is 11.1 Å². The van der Waals surface area contributed by atoms with Gasteiger partial charge in [0.2, 0.25) is 0 Å². The lowest BCUT2D eigenvalue weighted by Gasteiger charge is -2.13. The summed E-state index contributed by atoms with van der Waals surface area (Å²) in [5.41, 5.74) is 5.95. The van der Waals surface area contributed by atoms with E-state index in [9.17, 15) is 9.59 Å². The van der Waals surface area contributed by atoms with Crippen molar-refractivity contribution in [3.05, 3.63) is 38.9 Å². The zero-order valence-electron chi connectivity index (χ0n) is 12.6. The quantitative estimate of drug-likeness (QED) is 0.781. The smallest absolute Gasteiger partial charge is 0.332 e. The third-order valence-electron chi connectivity index (χ3n) is 3.19. The molecule has 2 aromatic rings. The van der Waals surface area contributed by atoms with Crippen LogP contribution in [0, 0.1) is 0 Å². The van der Waals surface area contributed by atoms with E-state index in [1.165, 1.54) is 23.0 Å². The van der Waals surface area contributed by atoms with Crippen molar-refractivity contribution in [1.82, 2.24) is 14.1 Å². The number of nitrogens with zero attached hydrogens (tertiary/aromatic N) is 3. The molecule has 0 aliphatic rings. The molecule has 0 aromatic carbocycles. The van der Waals surface area contributed by atoms with E-state index in [2.05, 4.69) is 16.9 Å². The Kier molecular flexibility index (Phi) is 4.81. The lowest BCUT2D eigenvalue weighted by atomic mass is 10.2. The average molecular weight is 321 g/mol. The highest BCUT2D eigenvalue weighted by atomic mass is 32.1. The maximum Gasteiger partial charge on any atom is 0.332 e. The molecule has 2 heterocycles. The molecule has 2 aromatic heterocycles. The summed E-state index contributed by atoms with van der Waals surface area (Å²) in [4.78, 5) is 28.9. The van der Waals surface area contributed by atoms with Crippen LogP contribution in [0.1, 0.15) is 13.3 Å². The molecule has 118 valence electrons. The maximum absolute atomic E-state index is 12.4. The number of hydrogen-bond acceptors (Lipinski definition) is 6. The van der Waals surface area contributed by atoms with Crippen LogP contribution in [0.3, 0.4) is 0 Å². The number of nitrogen functional groups attached to an aromatic ring is 1. The van der Waals surface area contributed by atoms with Crippen molar-refractivity contribution in [1.29, 1.82) is 0 Å². The van der Waals surface area contributed by atoms with Crippen LogP contribution in [0.15, 0.2) is 27.6 Å². The van der Waals surface area contributed by atoms with E-state index in [1.54, 1.807) is 11.5 Å². The van der Waals surface area contributed by atoms with E-state index in [4.69, 9.17) is 5.73 Å². The molecular formula is C14H19N5O2S. The fourth-order valence-corrected chi connectivity index (χ4v) is 2.80. The highest BCUT2D eigenvalue weighted by molar-refractivity contribution is 7.14. The van der Waals surface area contributed by atoms with E-state index in [0.29, 0.717) is 23.9 Å². The average Bonchev–Trinajstić information content (AvgIpc) is 2.96. The molecule has 3 N–H and O–H groups in total. The molecule has 0 aliphatic heterocycles. The lowest BCUT2D eigenvalue weighted by Crippen LogP contribution is -2.40. The predicted molar refractivity (Wildman–Crippen MR) is 90.4 cm³/mol. The van der Waals surface area contributed by atoms with Gasteiger partial charge in [-0.25, -0.2) is 9.78 Å². The standard InChI is InChI=1S/C14H19N5O2S/c1-4-6-16-13-17-9(8-22-13)10-11(15)19(7-5-2)14(21)18(3)12(10)20/h4,8H,1,5-7,15H2,2-3H3,(H,16,17). The number of anilines is 2. The van der Waals surface area contributed by atoms with E-state index < -0.39 is 11.2 Å². The van der Waals surface area contributed by atoms with Gasteiger partial charge in [-0.1, -0.05) is 13.0 Å². The lowest BCUT2D eigenvalue weighted by molar-refractivity contribution is 0.600. The van der Waals surface area contributed by atoms with Gasteiger partial charge in [0.05, 0.1) is 5.69 Å². The Balaban J connectivity index is 2.59. The normalized spacial score (nSPS) is 10.6. The molecule has 7 nitrogen and oxygen atoms in total. The van der Waals surface area contributed by atoms with Crippen molar-refractivity contribution in [3.63, 3.8) is 0 Å². The Hall–Kier alpha value is -2.35. The second-order valence-electron chi connectivity index (χ2n) is 4.77. The third kappa shape index (κ3) is 2.82. The first-order chi connectivity index (χ1) is 10.5. The Labute approximate surface area is 131 Å². The van der Waals surface area contributed by atoms with Crippen LogP contribution in [0.25, 0.3) is 11.3 Å². The summed E-state index contributed by atoms with van der Waals surface area (Å²) in [7, 11) is 1.45. The molecule has 0 radical (unpaired) electrons. The summed E-state index contributed by atoms with van der Waals surface area (Å²) >= 11 is 1.37. The predicted octanol–water partition coefficient (Wildman–Crippen LogP) is 1.26. The van der Waals surface area contributed by atoms with Gasteiger partial charge in [0.25, 0.3) is 5.56 Å². The number of nitrogens with one attached hydrogen (secondary N) is 1. The van der Waals surface area contributed by atoms with Crippen molar-refractivity contribution in [3.8, 4) is 11.3 Å². The molecule has 0 saturated carbocycles. The minimum Gasteiger partial charge on any atom is -0.384 e. The van der Waals surface area contributed by atoms with E-state index >= 15 is 0 Å². The zero-order valence-corrected chi connectivity index (χ0v) is 13.4. The minimum atomic E-state index is -0.435. The van der Waals surface area contributed by atoms with Crippen molar-refractivity contribution in [2.75, 3.05) is 17.6 Å². The van der Waals surface area contributed by atoms with E-state index in [1.807, 2.05) is 6.92 Å². The number of rotatable bonds is 6. The summed E-state index contributed by atoms with van der Waals surface area (Å²) < 4.78 is 2.48. The molecule has 0 spiro atoms. The number of hydrogen-bond donors (Lipinski definition) is 2. The molecule has 0 amide bonds. The van der Waals surface area contributed by atoms with Crippen LogP contribution in [-0.4, -0.2) is 20.7 Å². The van der Waals surface area contributed by atoms with Crippen molar-refractivity contribution in [2.45, 2.75) is 19.9 Å². The van der Waals surface area contributed by atoms with Gasteiger partial charge >= 0.3 is 5.69 Å². The van der Waals surface area contributed by atoms with Gasteiger partial charge in [0, 0.05) is 25.5 Å². The number of thiazole rings is 1. The van der Waals surface area contributed by atoms with Crippen LogP contribution in [0.2, 0.25) is 0 Å². The SMILES string of the molecule is C=CCNc1nc(-c2c(N)n(CCC)c(=O)n(C)c2=O)cs1. The second-order valence-corrected chi connectivity index (χ2v) is 5.62. The Morgan fingerprint density at radius 2 is 2.23 bits per heavy atom. The monoisotopic (exact) mass is 321 g/mol. The Morgan fingerprint density at radius 3 is 2.86 bits per heavy atom. The summed E-state index contributed by atoms with van der Waals surface area (Å²) in [5, 5.41) is 5.48. The molecule has 0 saturated heterocycles. The van der Waals surface area contributed by atoms with Crippen LogP contribution in [0.5, 0.6) is 0 Å². The summed E-state index contributed by atoms with van der Waals surface area (Å²) in [6.45, 7) is 6.60. The van der Waals surface area contributed by atoms with Gasteiger partial charge in [-0.3, -0.25) is 13.9 Å². The Bertz CT molecular complexity index is 803. The van der Waals surface area contributed by atoms with Crippen molar-refractivity contribution < 1.29 is 0 Å².